The smallest absolute Gasteiger partial charge is 0.305 e. The molecule has 11 nitrogen and oxygen atoms in total. The number of ether oxygens (including phenoxy) is 3. The zero-order chi connectivity index (χ0) is 31.1. The van der Waals surface area contributed by atoms with E-state index in [-0.39, 0.29) is 53.8 Å². The predicted molar refractivity (Wildman–Crippen MR) is 158 cm³/mol. The van der Waals surface area contributed by atoms with Crippen molar-refractivity contribution >= 4 is 52.4 Å². The molecule has 0 saturated heterocycles. The van der Waals surface area contributed by atoms with Gasteiger partial charge in [0, 0.05) is 37.3 Å². The van der Waals surface area contributed by atoms with Crippen molar-refractivity contribution in [3.63, 3.8) is 0 Å². The molecule has 0 aromatic heterocycles. The van der Waals surface area contributed by atoms with Crippen molar-refractivity contribution in [1.82, 2.24) is 5.32 Å². The van der Waals surface area contributed by atoms with Crippen LogP contribution in [0.3, 0.4) is 0 Å². The van der Waals surface area contributed by atoms with Crippen LogP contribution in [0.4, 0.5) is 21.5 Å². The highest BCUT2D eigenvalue weighted by molar-refractivity contribution is 6.31. The maximum Gasteiger partial charge on any atom is 0.305 e. The summed E-state index contributed by atoms with van der Waals surface area (Å²) in [6.07, 6.45) is -0.0514. The first kappa shape index (κ1) is 31.3. The highest BCUT2D eigenvalue weighted by atomic mass is 35.5. The van der Waals surface area contributed by atoms with Gasteiger partial charge in [-0.1, -0.05) is 23.7 Å². The molecule has 226 valence electrons. The van der Waals surface area contributed by atoms with Crippen molar-refractivity contribution in [3.05, 3.63) is 76.6 Å². The number of esters is 1. The van der Waals surface area contributed by atoms with Gasteiger partial charge in [-0.25, -0.2) is 4.39 Å². The largest absolute Gasteiger partial charge is 0.469 e. The highest BCUT2D eigenvalue weighted by Crippen LogP contribution is 2.37. The van der Waals surface area contributed by atoms with Crippen LogP contribution in [-0.4, -0.2) is 57.5 Å². The van der Waals surface area contributed by atoms with Gasteiger partial charge < -0.3 is 35.1 Å². The van der Waals surface area contributed by atoms with Crippen LogP contribution in [0.2, 0.25) is 5.02 Å². The Labute approximate surface area is 252 Å². The number of benzene rings is 3. The second-order valence-corrected chi connectivity index (χ2v) is 10.2. The molecule has 1 heterocycles. The van der Waals surface area contributed by atoms with Crippen LogP contribution in [0.1, 0.15) is 28.8 Å². The number of hydrogen-bond acceptors (Lipinski definition) is 8. The number of anilines is 3. The molecule has 0 fully saturated rings. The Morgan fingerprint density at radius 1 is 1.09 bits per heavy atom. The van der Waals surface area contributed by atoms with Gasteiger partial charge in [0.15, 0.2) is 5.75 Å². The predicted octanol–water partition coefficient (Wildman–Crippen LogP) is 4.50. The van der Waals surface area contributed by atoms with Gasteiger partial charge in [-0.15, -0.1) is 0 Å². The third-order valence-corrected chi connectivity index (χ3v) is 6.80. The molecule has 3 amide bonds. The summed E-state index contributed by atoms with van der Waals surface area (Å²) < 4.78 is 29.5. The fourth-order valence-corrected chi connectivity index (χ4v) is 4.39. The van der Waals surface area contributed by atoms with Gasteiger partial charge in [0.05, 0.1) is 30.7 Å². The molecule has 0 saturated carbocycles. The van der Waals surface area contributed by atoms with E-state index in [2.05, 4.69) is 20.7 Å². The lowest BCUT2D eigenvalue weighted by Gasteiger charge is -2.18. The number of amides is 3. The summed E-state index contributed by atoms with van der Waals surface area (Å²) in [5.74, 6) is -2.14. The van der Waals surface area contributed by atoms with Crippen molar-refractivity contribution < 1.29 is 37.8 Å². The quantitative estimate of drug-likeness (QED) is 0.270. The second kappa shape index (κ2) is 14.0. The molecule has 43 heavy (non-hydrogen) atoms. The molecular formula is C30H30ClFN4O7. The fraction of sp³-hybridized carbons (Fsp3) is 0.267. The van der Waals surface area contributed by atoms with Crippen molar-refractivity contribution in [3.8, 4) is 11.5 Å². The van der Waals surface area contributed by atoms with Crippen molar-refractivity contribution in [2.45, 2.75) is 25.5 Å². The highest BCUT2D eigenvalue weighted by Gasteiger charge is 2.30. The van der Waals surface area contributed by atoms with Gasteiger partial charge in [0.2, 0.25) is 11.8 Å². The molecular weight excluding hydrogens is 583 g/mol. The van der Waals surface area contributed by atoms with E-state index in [0.717, 1.165) is 11.8 Å². The van der Waals surface area contributed by atoms with Gasteiger partial charge in [-0.2, -0.15) is 0 Å². The zero-order valence-corrected chi connectivity index (χ0v) is 24.4. The Balaban J connectivity index is 1.58. The van der Waals surface area contributed by atoms with E-state index in [4.69, 9.17) is 21.1 Å². The second-order valence-electron chi connectivity index (χ2n) is 9.79. The summed E-state index contributed by atoms with van der Waals surface area (Å²) in [5.41, 5.74) is 1.73. The molecule has 4 rings (SSSR count). The van der Waals surface area contributed by atoms with Crippen LogP contribution in [0.15, 0.2) is 54.6 Å². The van der Waals surface area contributed by atoms with E-state index in [9.17, 15) is 23.6 Å². The summed E-state index contributed by atoms with van der Waals surface area (Å²) in [4.78, 5) is 52.4. The van der Waals surface area contributed by atoms with Crippen LogP contribution in [0.5, 0.6) is 11.5 Å². The number of rotatable bonds is 11. The summed E-state index contributed by atoms with van der Waals surface area (Å²) in [6, 6.07) is 12.8. The van der Waals surface area contributed by atoms with Gasteiger partial charge >= 0.3 is 5.97 Å². The number of methoxy groups -OCH3 is 1. The minimum atomic E-state index is -0.995. The van der Waals surface area contributed by atoms with Gasteiger partial charge in [-0.3, -0.25) is 19.2 Å². The topological polar surface area (TPSA) is 135 Å². The van der Waals surface area contributed by atoms with Crippen LogP contribution < -0.4 is 25.6 Å². The van der Waals surface area contributed by atoms with E-state index in [1.165, 1.54) is 31.4 Å². The van der Waals surface area contributed by atoms with Gasteiger partial charge in [-0.05, 0) is 48.4 Å². The average Bonchev–Trinajstić information content (AvgIpc) is 3.08. The fourth-order valence-electron chi connectivity index (χ4n) is 4.17. The zero-order valence-electron chi connectivity index (χ0n) is 23.7. The van der Waals surface area contributed by atoms with Crippen molar-refractivity contribution in [2.24, 2.45) is 0 Å². The number of nitrogens with zero attached hydrogens (tertiary/aromatic N) is 1. The number of hydrogen-bond donors (Lipinski definition) is 3. The van der Waals surface area contributed by atoms with Gasteiger partial charge in [0.25, 0.3) is 5.91 Å². The molecule has 0 unspecified atom stereocenters. The molecule has 13 heteroatoms. The lowest BCUT2D eigenvalue weighted by molar-refractivity contribution is -0.140. The maximum absolute atomic E-state index is 13.3. The van der Waals surface area contributed by atoms with E-state index in [1.807, 2.05) is 25.1 Å². The van der Waals surface area contributed by atoms with Crippen LogP contribution in [-0.2, 0) is 30.5 Å². The number of carbonyl (C=O) groups is 4. The summed E-state index contributed by atoms with van der Waals surface area (Å²) in [7, 11) is 4.98. The third-order valence-electron chi connectivity index (χ3n) is 6.45. The maximum atomic E-state index is 13.3. The summed E-state index contributed by atoms with van der Waals surface area (Å²) >= 11 is 6.03. The standard InChI is InChI=1S/C30H30ClFN4O7/c1-36(2)19-5-4-6-20(12-19)43-26-13-21-24(35-30(40)23(34-29(21)39)9-10-28(38)41-3)14-25(26)33-27(37)16-42-15-17-7-8-18(32)11-22(17)31/h4-8,11-14,23H,9-10,15-16H2,1-3H3,(H,33,37)(H,34,39)(H,35,40)/t23-/m0/s1. The van der Waals surface area contributed by atoms with E-state index < -0.39 is 35.5 Å². The average molecular weight is 613 g/mol. The molecule has 1 atom stereocenters. The van der Waals surface area contributed by atoms with Crippen LogP contribution in [0, 0.1) is 5.82 Å². The number of halogens is 2. The minimum absolute atomic E-state index is 0.0257. The first-order valence-electron chi connectivity index (χ1n) is 13.2. The molecule has 3 aromatic carbocycles. The number of fused-ring (bicyclic) bond motifs is 1. The first-order valence-corrected chi connectivity index (χ1v) is 13.5. The van der Waals surface area contributed by atoms with E-state index in [0.29, 0.717) is 11.3 Å². The third kappa shape index (κ3) is 8.21. The van der Waals surface area contributed by atoms with E-state index >= 15 is 0 Å². The number of carbonyl (C=O) groups excluding carboxylic acids is 4. The monoisotopic (exact) mass is 612 g/mol. The Morgan fingerprint density at radius 3 is 2.60 bits per heavy atom. The molecule has 3 aromatic rings. The molecule has 1 aliphatic heterocycles. The van der Waals surface area contributed by atoms with Crippen molar-refractivity contribution in [1.29, 1.82) is 0 Å². The summed E-state index contributed by atoms with van der Waals surface area (Å²) in [6.45, 7) is -0.427. The van der Waals surface area contributed by atoms with Crippen LogP contribution in [0.25, 0.3) is 0 Å². The minimum Gasteiger partial charge on any atom is -0.469 e. The molecule has 0 bridgehead atoms. The Bertz CT molecular complexity index is 1550. The number of nitrogens with one attached hydrogen (secondary N) is 3. The molecule has 1 aliphatic rings. The van der Waals surface area contributed by atoms with Gasteiger partial charge in [0.1, 0.15) is 24.2 Å². The molecule has 3 N–H and O–H groups in total. The van der Waals surface area contributed by atoms with Crippen molar-refractivity contribution in [2.75, 3.05) is 43.3 Å². The first-order chi connectivity index (χ1) is 20.5. The Hall–Kier alpha value is -4.68. The SMILES string of the molecule is COC(=O)CC[C@@H]1NC(=O)c2cc(Oc3cccc(N(C)C)c3)c(NC(=O)COCc3ccc(F)cc3Cl)cc2NC1=O. The normalized spacial score (nSPS) is 14.1. The molecule has 0 radical (unpaired) electrons. The van der Waals surface area contributed by atoms with E-state index in [1.54, 1.807) is 18.2 Å². The summed E-state index contributed by atoms with van der Waals surface area (Å²) in [5, 5.41) is 8.18. The Morgan fingerprint density at radius 2 is 1.88 bits per heavy atom. The lowest BCUT2D eigenvalue weighted by atomic mass is 10.1. The van der Waals surface area contributed by atoms with Crippen LogP contribution >= 0.6 is 11.6 Å². The Kier molecular flexibility index (Phi) is 10.2. The molecule has 0 spiro atoms. The lowest BCUT2D eigenvalue weighted by Crippen LogP contribution is -2.41. The molecule has 0 aliphatic carbocycles.